The maximum absolute atomic E-state index is 14.4. The molecule has 7 rings (SSSR count). The minimum Gasteiger partial charge on any atom is -0.489 e. The van der Waals surface area contributed by atoms with Crippen LogP contribution in [0.2, 0.25) is 0 Å². The minimum atomic E-state index is -0.355. The van der Waals surface area contributed by atoms with Crippen molar-refractivity contribution in [2.24, 2.45) is 0 Å². The monoisotopic (exact) mass is 690 g/mol. The van der Waals surface area contributed by atoms with E-state index >= 15 is 0 Å². The Morgan fingerprint density at radius 1 is 0.481 bits per heavy atom. The fourth-order valence-electron chi connectivity index (χ4n) is 5.73. The van der Waals surface area contributed by atoms with E-state index in [0.717, 1.165) is 22.3 Å². The standard InChI is InChI=1S/C45H38O7/c1-2-47-45-43(46)42-40(51-31-35-21-13-6-14-22-35)26-37(48-28-32-15-7-3-8-16-32)27-41(42)52-44(45)36-23-24-38(49-29-33-17-9-4-10-18-33)39(25-36)50-30-34-19-11-5-12-20-34/h3-27H,2,28-31H2,1H3. The van der Waals surface area contributed by atoms with E-state index in [2.05, 4.69) is 0 Å². The van der Waals surface area contributed by atoms with Crippen LogP contribution in [-0.4, -0.2) is 6.61 Å². The van der Waals surface area contributed by atoms with Crippen LogP contribution in [0.5, 0.6) is 28.7 Å². The van der Waals surface area contributed by atoms with Crippen molar-refractivity contribution in [2.75, 3.05) is 6.61 Å². The Labute approximate surface area is 302 Å². The molecule has 52 heavy (non-hydrogen) atoms. The third-order valence-electron chi connectivity index (χ3n) is 8.35. The fourth-order valence-corrected chi connectivity index (χ4v) is 5.73. The summed E-state index contributed by atoms with van der Waals surface area (Å²) in [4.78, 5) is 14.4. The molecule has 0 aliphatic carbocycles. The first-order valence-electron chi connectivity index (χ1n) is 17.2. The molecule has 0 radical (unpaired) electrons. The highest BCUT2D eigenvalue weighted by molar-refractivity contribution is 5.89. The normalized spacial score (nSPS) is 10.9. The van der Waals surface area contributed by atoms with E-state index in [1.165, 1.54) is 0 Å². The third kappa shape index (κ3) is 8.28. The molecule has 7 nitrogen and oxygen atoms in total. The first-order chi connectivity index (χ1) is 25.6. The lowest BCUT2D eigenvalue weighted by atomic mass is 10.1. The van der Waals surface area contributed by atoms with Crippen LogP contribution in [-0.2, 0) is 26.4 Å². The van der Waals surface area contributed by atoms with Crippen molar-refractivity contribution in [3.05, 3.63) is 184 Å². The van der Waals surface area contributed by atoms with E-state index < -0.39 is 0 Å². The molecule has 7 aromatic rings. The van der Waals surface area contributed by atoms with Crippen LogP contribution in [0.3, 0.4) is 0 Å². The second-order valence-corrected chi connectivity index (χ2v) is 12.1. The van der Waals surface area contributed by atoms with Crippen LogP contribution < -0.4 is 29.1 Å². The summed E-state index contributed by atoms with van der Waals surface area (Å²) in [6.07, 6.45) is 0. The summed E-state index contributed by atoms with van der Waals surface area (Å²) in [5.74, 6) is 2.21. The number of hydrogen-bond donors (Lipinski definition) is 0. The summed E-state index contributed by atoms with van der Waals surface area (Å²) in [6, 6.07) is 48.4. The quantitative estimate of drug-likeness (QED) is 0.106. The van der Waals surface area contributed by atoms with Gasteiger partial charge in [0.25, 0.3) is 0 Å². The lowest BCUT2D eigenvalue weighted by molar-refractivity contribution is 0.256. The van der Waals surface area contributed by atoms with Crippen molar-refractivity contribution in [1.82, 2.24) is 0 Å². The predicted octanol–water partition coefficient (Wildman–Crippen LogP) is 10.2. The van der Waals surface area contributed by atoms with E-state index in [1.54, 1.807) is 12.1 Å². The minimum absolute atomic E-state index is 0.0736. The number of fused-ring (bicyclic) bond motifs is 1. The number of benzene rings is 6. The molecule has 1 aromatic heterocycles. The Balaban J connectivity index is 1.30. The van der Waals surface area contributed by atoms with Crippen molar-refractivity contribution in [3.8, 4) is 40.1 Å². The van der Waals surface area contributed by atoms with Crippen LogP contribution in [0, 0.1) is 0 Å². The molecule has 0 atom stereocenters. The third-order valence-corrected chi connectivity index (χ3v) is 8.35. The lowest BCUT2D eigenvalue weighted by Crippen LogP contribution is -2.12. The maximum Gasteiger partial charge on any atom is 0.239 e. The number of ether oxygens (including phenoxy) is 5. The molecule has 260 valence electrons. The van der Waals surface area contributed by atoms with Crippen molar-refractivity contribution >= 4 is 11.0 Å². The molecule has 1 heterocycles. The molecule has 0 bridgehead atoms. The SMILES string of the molecule is CCOc1c(-c2ccc(OCc3ccccc3)c(OCc3ccccc3)c2)oc2cc(OCc3ccccc3)cc(OCc3ccccc3)c2c1=O. The van der Waals surface area contributed by atoms with E-state index in [9.17, 15) is 4.79 Å². The van der Waals surface area contributed by atoms with Gasteiger partial charge in [-0.05, 0) is 47.4 Å². The molecule has 6 aromatic carbocycles. The molecule has 0 fully saturated rings. The lowest BCUT2D eigenvalue weighted by Gasteiger charge is -2.17. The average molecular weight is 691 g/mol. The van der Waals surface area contributed by atoms with Gasteiger partial charge in [0.2, 0.25) is 11.2 Å². The molecule has 0 saturated carbocycles. The molecule has 0 saturated heterocycles. The molecule has 0 amide bonds. The zero-order valence-electron chi connectivity index (χ0n) is 28.8. The highest BCUT2D eigenvalue weighted by atomic mass is 16.5. The van der Waals surface area contributed by atoms with Gasteiger partial charge >= 0.3 is 0 Å². The van der Waals surface area contributed by atoms with Crippen LogP contribution in [0.1, 0.15) is 29.2 Å². The summed E-state index contributed by atoms with van der Waals surface area (Å²) in [5.41, 5.74) is 4.51. The molecule has 0 aliphatic heterocycles. The summed E-state index contributed by atoms with van der Waals surface area (Å²) < 4.78 is 37.7. The largest absolute Gasteiger partial charge is 0.489 e. The second-order valence-electron chi connectivity index (χ2n) is 12.1. The summed E-state index contributed by atoms with van der Waals surface area (Å²) in [6.45, 7) is 3.32. The van der Waals surface area contributed by atoms with Crippen molar-refractivity contribution < 1.29 is 28.1 Å². The Hall–Kier alpha value is -6.47. The smallest absolute Gasteiger partial charge is 0.239 e. The highest BCUT2D eigenvalue weighted by Crippen LogP contribution is 2.40. The zero-order valence-corrected chi connectivity index (χ0v) is 28.8. The fraction of sp³-hybridized carbons (Fsp3) is 0.133. The predicted molar refractivity (Wildman–Crippen MR) is 202 cm³/mol. The van der Waals surface area contributed by atoms with Gasteiger partial charge in [0.05, 0.1) is 6.61 Å². The average Bonchev–Trinajstić information content (AvgIpc) is 3.20. The Morgan fingerprint density at radius 3 is 1.48 bits per heavy atom. The topological polar surface area (TPSA) is 76.4 Å². The van der Waals surface area contributed by atoms with E-state index in [4.69, 9.17) is 28.1 Å². The van der Waals surface area contributed by atoms with Crippen molar-refractivity contribution in [2.45, 2.75) is 33.4 Å². The van der Waals surface area contributed by atoms with Gasteiger partial charge in [-0.1, -0.05) is 121 Å². The van der Waals surface area contributed by atoms with Crippen molar-refractivity contribution in [3.63, 3.8) is 0 Å². The van der Waals surface area contributed by atoms with Crippen molar-refractivity contribution in [1.29, 1.82) is 0 Å². The van der Waals surface area contributed by atoms with Gasteiger partial charge in [0.15, 0.2) is 17.3 Å². The van der Waals surface area contributed by atoms with Crippen LogP contribution in [0.4, 0.5) is 0 Å². The summed E-state index contributed by atoms with van der Waals surface area (Å²) >= 11 is 0. The van der Waals surface area contributed by atoms with Gasteiger partial charge < -0.3 is 28.1 Å². The van der Waals surface area contributed by atoms with E-state index in [0.29, 0.717) is 54.0 Å². The van der Waals surface area contributed by atoms with Gasteiger partial charge in [-0.15, -0.1) is 0 Å². The van der Waals surface area contributed by atoms with Gasteiger partial charge in [-0.3, -0.25) is 4.79 Å². The van der Waals surface area contributed by atoms with Gasteiger partial charge in [0.1, 0.15) is 48.9 Å². The summed E-state index contributed by atoms with van der Waals surface area (Å²) in [7, 11) is 0. The van der Waals surface area contributed by atoms with Gasteiger partial charge in [0, 0.05) is 17.7 Å². The number of hydrogen-bond acceptors (Lipinski definition) is 7. The van der Waals surface area contributed by atoms with Crippen LogP contribution >= 0.6 is 0 Å². The van der Waals surface area contributed by atoms with Gasteiger partial charge in [-0.2, -0.15) is 0 Å². The molecule has 0 spiro atoms. The van der Waals surface area contributed by atoms with Crippen LogP contribution in [0.25, 0.3) is 22.3 Å². The molecule has 0 aliphatic rings. The Kier molecular flexibility index (Phi) is 10.8. The van der Waals surface area contributed by atoms with E-state index in [-0.39, 0.29) is 35.5 Å². The molecule has 0 N–H and O–H groups in total. The first kappa shape index (κ1) is 34.0. The van der Waals surface area contributed by atoms with E-state index in [1.807, 2.05) is 146 Å². The van der Waals surface area contributed by atoms with Gasteiger partial charge in [-0.25, -0.2) is 0 Å². The van der Waals surface area contributed by atoms with Crippen LogP contribution in [0.15, 0.2) is 161 Å². The zero-order chi connectivity index (χ0) is 35.5. The summed E-state index contributed by atoms with van der Waals surface area (Å²) in [5, 5.41) is 0.263. The molecular formula is C45H38O7. The molecule has 0 unspecified atom stereocenters. The molecular weight excluding hydrogens is 652 g/mol. The Bertz CT molecular complexity index is 2270. The Morgan fingerprint density at radius 2 is 0.962 bits per heavy atom. The second kappa shape index (κ2) is 16.5. The highest BCUT2D eigenvalue weighted by Gasteiger charge is 2.23. The molecule has 7 heteroatoms. The number of rotatable bonds is 15. The first-order valence-corrected chi connectivity index (χ1v) is 17.2. The maximum atomic E-state index is 14.4.